The fourth-order valence-corrected chi connectivity index (χ4v) is 5.80. The Morgan fingerprint density at radius 2 is 1.74 bits per heavy atom. The van der Waals surface area contributed by atoms with E-state index in [2.05, 4.69) is 10.0 Å². The standard InChI is InChI=1S/C29H44N2O6S/c32-22-25-20-24(14-15-28(25)33)29(34)21-30-16-4-1-2-5-17-37-18-6-3-9-23-10-7-13-27(19-23)38(35,36)31-26-11-8-12-26/h7,10,13-15,19-20,26,29-34H,1-6,8-9,11-12,16-18,21-22H2/t29-/m0/s1. The van der Waals surface area contributed by atoms with Crippen LogP contribution in [0.15, 0.2) is 47.4 Å². The zero-order valence-corrected chi connectivity index (χ0v) is 23.1. The van der Waals surface area contributed by atoms with Crippen molar-refractivity contribution in [1.29, 1.82) is 0 Å². The highest BCUT2D eigenvalue weighted by atomic mass is 32.2. The average Bonchev–Trinajstić information content (AvgIpc) is 2.89. The molecule has 5 N–H and O–H groups in total. The van der Waals surface area contributed by atoms with Gasteiger partial charge in [-0.25, -0.2) is 13.1 Å². The van der Waals surface area contributed by atoms with Crippen LogP contribution in [0.5, 0.6) is 5.75 Å². The van der Waals surface area contributed by atoms with E-state index in [9.17, 15) is 23.7 Å². The molecule has 0 saturated heterocycles. The van der Waals surface area contributed by atoms with Crippen LogP contribution in [0, 0.1) is 0 Å². The molecule has 0 amide bonds. The van der Waals surface area contributed by atoms with Gasteiger partial charge < -0.3 is 25.4 Å². The van der Waals surface area contributed by atoms with Crippen LogP contribution in [0.3, 0.4) is 0 Å². The molecule has 1 aliphatic rings. The molecule has 8 nitrogen and oxygen atoms in total. The molecule has 2 aromatic carbocycles. The van der Waals surface area contributed by atoms with Gasteiger partial charge in [0.05, 0.1) is 17.6 Å². The van der Waals surface area contributed by atoms with Gasteiger partial charge in [0.1, 0.15) is 5.75 Å². The second-order valence-electron chi connectivity index (χ2n) is 10.1. The number of aliphatic hydroxyl groups excluding tert-OH is 2. The third kappa shape index (κ3) is 10.3. The number of rotatable bonds is 19. The quantitative estimate of drug-likeness (QED) is 0.168. The molecular weight excluding hydrogens is 504 g/mol. The average molecular weight is 549 g/mol. The molecule has 0 spiro atoms. The van der Waals surface area contributed by atoms with Gasteiger partial charge in [-0.3, -0.25) is 0 Å². The molecule has 38 heavy (non-hydrogen) atoms. The number of aryl methyl sites for hydroxylation is 1. The van der Waals surface area contributed by atoms with Gasteiger partial charge in [0.15, 0.2) is 0 Å². The number of nitrogens with one attached hydrogen (secondary N) is 2. The largest absolute Gasteiger partial charge is 0.508 e. The first-order valence-corrected chi connectivity index (χ1v) is 15.4. The molecule has 212 valence electrons. The Balaban J connectivity index is 1.16. The van der Waals surface area contributed by atoms with Crippen molar-refractivity contribution < 1.29 is 28.5 Å². The summed E-state index contributed by atoms with van der Waals surface area (Å²) in [6.45, 7) is 2.46. The van der Waals surface area contributed by atoms with E-state index in [0.717, 1.165) is 89.5 Å². The summed E-state index contributed by atoms with van der Waals surface area (Å²) in [6, 6.07) is 12.1. The number of ether oxygens (including phenoxy) is 1. The van der Waals surface area contributed by atoms with E-state index in [1.807, 2.05) is 12.1 Å². The number of aliphatic hydroxyl groups is 2. The number of sulfonamides is 1. The SMILES string of the molecule is O=S(=O)(NC1CCC1)c1cccc(CCCCOCCCCCCNC[C@H](O)c2ccc(O)c(CO)c2)c1. The second kappa shape index (κ2) is 16.2. The summed E-state index contributed by atoms with van der Waals surface area (Å²) in [5.41, 5.74) is 2.13. The molecule has 0 heterocycles. The lowest BCUT2D eigenvalue weighted by molar-refractivity contribution is 0.126. The molecular formula is C29H44N2O6S. The zero-order chi connectivity index (χ0) is 27.2. The summed E-state index contributed by atoms with van der Waals surface area (Å²) in [4.78, 5) is 0.360. The smallest absolute Gasteiger partial charge is 0.240 e. The summed E-state index contributed by atoms with van der Waals surface area (Å²) in [7, 11) is -3.42. The van der Waals surface area contributed by atoms with Crippen LogP contribution in [-0.2, 0) is 27.8 Å². The molecule has 1 atom stereocenters. The van der Waals surface area contributed by atoms with Gasteiger partial charge in [0, 0.05) is 31.4 Å². The Bertz CT molecular complexity index is 1070. The minimum absolute atomic E-state index is 0.0352. The van der Waals surface area contributed by atoms with Crippen LogP contribution in [0.2, 0.25) is 0 Å². The predicted molar refractivity (Wildman–Crippen MR) is 148 cm³/mol. The molecule has 0 aromatic heterocycles. The zero-order valence-electron chi connectivity index (χ0n) is 22.3. The molecule has 3 rings (SSSR count). The predicted octanol–water partition coefficient (Wildman–Crippen LogP) is 3.94. The first-order chi connectivity index (χ1) is 18.4. The summed E-state index contributed by atoms with van der Waals surface area (Å²) in [6.07, 6.45) is 9.25. The van der Waals surface area contributed by atoms with E-state index < -0.39 is 16.1 Å². The van der Waals surface area contributed by atoms with Gasteiger partial charge in [0.2, 0.25) is 10.0 Å². The number of hydrogen-bond donors (Lipinski definition) is 5. The molecule has 0 aliphatic heterocycles. The van der Waals surface area contributed by atoms with Gasteiger partial charge in [0.25, 0.3) is 0 Å². The van der Waals surface area contributed by atoms with Gasteiger partial charge in [-0.05, 0) is 86.9 Å². The normalized spacial score (nSPS) is 14.9. The fraction of sp³-hybridized carbons (Fsp3) is 0.586. The Morgan fingerprint density at radius 1 is 0.974 bits per heavy atom. The van der Waals surface area contributed by atoms with Crippen LogP contribution < -0.4 is 10.0 Å². The topological polar surface area (TPSA) is 128 Å². The lowest BCUT2D eigenvalue weighted by Gasteiger charge is -2.26. The number of benzene rings is 2. The van der Waals surface area contributed by atoms with E-state index in [-0.39, 0.29) is 18.4 Å². The van der Waals surface area contributed by atoms with E-state index >= 15 is 0 Å². The Kier molecular flexibility index (Phi) is 13.0. The third-order valence-electron chi connectivity index (χ3n) is 7.03. The van der Waals surface area contributed by atoms with Crippen molar-refractivity contribution in [3.05, 3.63) is 59.2 Å². The van der Waals surface area contributed by atoms with Gasteiger partial charge in [-0.2, -0.15) is 0 Å². The Morgan fingerprint density at radius 3 is 2.47 bits per heavy atom. The van der Waals surface area contributed by atoms with Crippen LogP contribution in [0.4, 0.5) is 0 Å². The number of aromatic hydroxyl groups is 1. The first kappa shape index (κ1) is 30.5. The number of phenols is 1. The lowest BCUT2D eigenvalue weighted by atomic mass is 9.94. The maximum Gasteiger partial charge on any atom is 0.240 e. The van der Waals surface area contributed by atoms with Crippen molar-refractivity contribution in [2.45, 2.75) is 87.9 Å². The van der Waals surface area contributed by atoms with Crippen molar-refractivity contribution in [3.63, 3.8) is 0 Å². The monoisotopic (exact) mass is 548 g/mol. The number of unbranched alkanes of at least 4 members (excludes halogenated alkanes) is 4. The van der Waals surface area contributed by atoms with Gasteiger partial charge >= 0.3 is 0 Å². The van der Waals surface area contributed by atoms with Crippen molar-refractivity contribution in [2.24, 2.45) is 0 Å². The third-order valence-corrected chi connectivity index (χ3v) is 8.55. The van der Waals surface area contributed by atoms with Gasteiger partial charge in [-0.15, -0.1) is 0 Å². The van der Waals surface area contributed by atoms with Gasteiger partial charge in [-0.1, -0.05) is 37.5 Å². The van der Waals surface area contributed by atoms with E-state index in [0.29, 0.717) is 22.6 Å². The van der Waals surface area contributed by atoms with Crippen LogP contribution in [0.25, 0.3) is 0 Å². The molecule has 9 heteroatoms. The van der Waals surface area contributed by atoms with Crippen molar-refractivity contribution in [2.75, 3.05) is 26.3 Å². The van der Waals surface area contributed by atoms with Crippen molar-refractivity contribution >= 4 is 10.0 Å². The van der Waals surface area contributed by atoms with Crippen molar-refractivity contribution in [1.82, 2.24) is 10.0 Å². The second-order valence-corrected chi connectivity index (χ2v) is 11.9. The maximum absolute atomic E-state index is 12.5. The van der Waals surface area contributed by atoms with Crippen LogP contribution in [-0.4, -0.2) is 56.1 Å². The highest BCUT2D eigenvalue weighted by Gasteiger charge is 2.24. The first-order valence-electron chi connectivity index (χ1n) is 13.9. The van der Waals surface area contributed by atoms with Crippen molar-refractivity contribution in [3.8, 4) is 5.75 Å². The van der Waals surface area contributed by atoms with E-state index in [1.165, 1.54) is 6.07 Å². The highest BCUT2D eigenvalue weighted by Crippen LogP contribution is 2.23. The number of hydrogen-bond acceptors (Lipinski definition) is 7. The van der Waals surface area contributed by atoms with Crippen LogP contribution in [0.1, 0.15) is 80.6 Å². The summed E-state index contributed by atoms with van der Waals surface area (Å²) >= 11 is 0. The highest BCUT2D eigenvalue weighted by molar-refractivity contribution is 7.89. The summed E-state index contributed by atoms with van der Waals surface area (Å²) in [5.74, 6) is 0.0352. The summed E-state index contributed by atoms with van der Waals surface area (Å²) in [5, 5.41) is 32.4. The Hall–Kier alpha value is -2.01. The lowest BCUT2D eigenvalue weighted by Crippen LogP contribution is -2.39. The molecule has 1 aliphatic carbocycles. The molecule has 0 radical (unpaired) electrons. The molecule has 2 aromatic rings. The fourth-order valence-electron chi connectivity index (χ4n) is 4.42. The molecule has 1 fully saturated rings. The summed E-state index contributed by atoms with van der Waals surface area (Å²) < 4.78 is 33.6. The Labute approximate surface area is 227 Å². The maximum atomic E-state index is 12.5. The molecule has 1 saturated carbocycles. The molecule has 0 bridgehead atoms. The van der Waals surface area contributed by atoms with E-state index in [1.54, 1.807) is 24.3 Å². The van der Waals surface area contributed by atoms with Crippen LogP contribution >= 0.6 is 0 Å². The minimum Gasteiger partial charge on any atom is -0.508 e. The minimum atomic E-state index is -3.42. The molecule has 0 unspecified atom stereocenters. The van der Waals surface area contributed by atoms with E-state index in [4.69, 9.17) is 4.74 Å².